The first-order valence-corrected chi connectivity index (χ1v) is 9.24. The molecule has 1 unspecified atom stereocenters. The van der Waals surface area contributed by atoms with Crippen molar-refractivity contribution in [3.63, 3.8) is 0 Å². The van der Waals surface area contributed by atoms with Gasteiger partial charge in [0.2, 0.25) is 0 Å². The summed E-state index contributed by atoms with van der Waals surface area (Å²) in [7, 11) is 0. The van der Waals surface area contributed by atoms with E-state index in [2.05, 4.69) is 37.8 Å². The zero-order valence-electron chi connectivity index (χ0n) is 14.6. The summed E-state index contributed by atoms with van der Waals surface area (Å²) in [6, 6.07) is 13.5. The van der Waals surface area contributed by atoms with Gasteiger partial charge in [-0.2, -0.15) is 0 Å². The zero-order valence-corrected chi connectivity index (χ0v) is 16.1. The lowest BCUT2D eigenvalue weighted by molar-refractivity contribution is 0.292. The second kappa shape index (κ2) is 9.31. The van der Waals surface area contributed by atoms with E-state index < -0.39 is 0 Å². The van der Waals surface area contributed by atoms with Gasteiger partial charge in [-0.1, -0.05) is 56.1 Å². The summed E-state index contributed by atoms with van der Waals surface area (Å²) >= 11 is 12.1. The molecule has 0 N–H and O–H groups in total. The lowest BCUT2D eigenvalue weighted by Gasteiger charge is -2.21. The number of hydrogen-bond donors (Lipinski definition) is 0. The smallest absolute Gasteiger partial charge is 0.146 e. The van der Waals surface area contributed by atoms with E-state index in [1.807, 2.05) is 12.1 Å². The van der Waals surface area contributed by atoms with E-state index in [4.69, 9.17) is 27.9 Å². The van der Waals surface area contributed by atoms with Crippen molar-refractivity contribution in [3.8, 4) is 11.5 Å². The highest BCUT2D eigenvalue weighted by atomic mass is 35.5. The molecule has 0 aliphatic heterocycles. The Morgan fingerprint density at radius 2 is 1.67 bits per heavy atom. The van der Waals surface area contributed by atoms with Crippen LogP contribution < -0.4 is 4.74 Å². The molecule has 2 aromatic rings. The molecule has 24 heavy (non-hydrogen) atoms. The van der Waals surface area contributed by atoms with Gasteiger partial charge in [0.1, 0.15) is 11.5 Å². The van der Waals surface area contributed by atoms with Crippen LogP contribution in [0.2, 0.25) is 10.0 Å². The van der Waals surface area contributed by atoms with Crippen molar-refractivity contribution in [1.29, 1.82) is 0 Å². The fourth-order valence-corrected chi connectivity index (χ4v) is 3.08. The van der Waals surface area contributed by atoms with Crippen molar-refractivity contribution in [2.45, 2.75) is 33.1 Å². The van der Waals surface area contributed by atoms with Crippen LogP contribution in [0.5, 0.6) is 11.5 Å². The van der Waals surface area contributed by atoms with Crippen molar-refractivity contribution < 1.29 is 4.74 Å². The van der Waals surface area contributed by atoms with E-state index in [0.29, 0.717) is 21.7 Å². The van der Waals surface area contributed by atoms with Crippen LogP contribution in [0.15, 0.2) is 42.5 Å². The van der Waals surface area contributed by atoms with Crippen molar-refractivity contribution in [2.75, 3.05) is 19.6 Å². The fourth-order valence-electron chi connectivity index (χ4n) is 2.63. The minimum atomic E-state index is 0.513. The maximum Gasteiger partial charge on any atom is 0.146 e. The Kier molecular flexibility index (Phi) is 7.41. The molecule has 130 valence electrons. The molecule has 0 bridgehead atoms. The summed E-state index contributed by atoms with van der Waals surface area (Å²) in [5.41, 5.74) is 1.33. The number of rotatable bonds is 8. The number of hydrogen-bond acceptors (Lipinski definition) is 2. The van der Waals surface area contributed by atoms with E-state index in [1.165, 1.54) is 5.56 Å². The van der Waals surface area contributed by atoms with Crippen LogP contribution in [0.25, 0.3) is 0 Å². The molecule has 4 heteroatoms. The largest absolute Gasteiger partial charge is 0.456 e. The minimum Gasteiger partial charge on any atom is -0.456 e. The SMILES string of the molecule is CCN(CC)CCC(C)c1ccc(Oc2ccc(Cl)cc2Cl)cc1. The minimum absolute atomic E-state index is 0.513. The zero-order chi connectivity index (χ0) is 17.5. The van der Waals surface area contributed by atoms with Gasteiger partial charge in [0.15, 0.2) is 0 Å². The van der Waals surface area contributed by atoms with Crippen LogP contribution in [-0.4, -0.2) is 24.5 Å². The third-order valence-corrected chi connectivity index (χ3v) is 4.87. The lowest BCUT2D eigenvalue weighted by atomic mass is 9.97. The van der Waals surface area contributed by atoms with Crippen LogP contribution in [0.3, 0.4) is 0 Å². The Morgan fingerprint density at radius 3 is 2.25 bits per heavy atom. The third kappa shape index (κ3) is 5.41. The summed E-state index contributed by atoms with van der Waals surface area (Å²) in [5, 5.41) is 1.11. The summed E-state index contributed by atoms with van der Waals surface area (Å²) in [6.45, 7) is 10.0. The van der Waals surface area contributed by atoms with Gasteiger partial charge in [0.05, 0.1) is 5.02 Å². The van der Waals surface area contributed by atoms with Crippen LogP contribution in [0, 0.1) is 0 Å². The standard InChI is InChI=1S/C20H25Cl2NO/c1-4-23(5-2)13-12-15(3)16-6-9-18(10-7-16)24-20-11-8-17(21)14-19(20)22/h6-11,14-15H,4-5,12-13H2,1-3H3. The highest BCUT2D eigenvalue weighted by molar-refractivity contribution is 6.35. The van der Waals surface area contributed by atoms with Gasteiger partial charge >= 0.3 is 0 Å². The quantitative estimate of drug-likeness (QED) is 0.520. The van der Waals surface area contributed by atoms with Crippen molar-refractivity contribution in [3.05, 3.63) is 58.1 Å². The van der Waals surface area contributed by atoms with Gasteiger partial charge in [0, 0.05) is 5.02 Å². The molecule has 1 atom stereocenters. The van der Waals surface area contributed by atoms with E-state index in [0.717, 1.165) is 31.8 Å². The fraction of sp³-hybridized carbons (Fsp3) is 0.400. The average molecular weight is 366 g/mol. The molecule has 2 nitrogen and oxygen atoms in total. The van der Waals surface area contributed by atoms with Crippen molar-refractivity contribution >= 4 is 23.2 Å². The Morgan fingerprint density at radius 1 is 1.00 bits per heavy atom. The number of nitrogens with zero attached hydrogens (tertiary/aromatic N) is 1. The second-order valence-electron chi connectivity index (χ2n) is 5.96. The summed E-state index contributed by atoms with van der Waals surface area (Å²) < 4.78 is 5.83. The molecule has 0 spiro atoms. The molecule has 0 saturated carbocycles. The molecule has 0 aliphatic carbocycles. The summed E-state index contributed by atoms with van der Waals surface area (Å²) in [5.74, 6) is 1.92. The van der Waals surface area contributed by atoms with E-state index in [-0.39, 0.29) is 0 Å². The Labute approximate surface area is 155 Å². The first kappa shape index (κ1) is 19.1. The second-order valence-corrected chi connectivity index (χ2v) is 6.81. The first-order valence-electron chi connectivity index (χ1n) is 8.48. The summed E-state index contributed by atoms with van der Waals surface area (Å²) in [4.78, 5) is 2.45. The molecule has 0 amide bonds. The number of benzene rings is 2. The molecule has 2 aromatic carbocycles. The lowest BCUT2D eigenvalue weighted by Crippen LogP contribution is -2.24. The van der Waals surface area contributed by atoms with Gasteiger partial charge < -0.3 is 9.64 Å². The molecule has 0 aromatic heterocycles. The number of ether oxygens (including phenoxy) is 1. The van der Waals surface area contributed by atoms with E-state index >= 15 is 0 Å². The van der Waals surface area contributed by atoms with Gasteiger partial charge in [0.25, 0.3) is 0 Å². The Bertz CT molecular complexity index is 639. The summed E-state index contributed by atoms with van der Waals surface area (Å²) in [6.07, 6.45) is 1.16. The highest BCUT2D eigenvalue weighted by Gasteiger charge is 2.09. The maximum absolute atomic E-state index is 6.15. The predicted octanol–water partition coefficient (Wildman–Crippen LogP) is 6.62. The van der Waals surface area contributed by atoms with Gasteiger partial charge in [-0.15, -0.1) is 0 Å². The molecule has 0 fully saturated rings. The van der Waals surface area contributed by atoms with Crippen LogP contribution in [0.1, 0.15) is 38.7 Å². The maximum atomic E-state index is 6.15. The monoisotopic (exact) mass is 365 g/mol. The van der Waals surface area contributed by atoms with E-state index in [1.54, 1.807) is 18.2 Å². The molecular formula is C20H25Cl2NO. The molecular weight excluding hydrogens is 341 g/mol. The Hall–Kier alpha value is -1.22. The molecule has 0 saturated heterocycles. The normalized spacial score (nSPS) is 12.4. The van der Waals surface area contributed by atoms with Gasteiger partial charge in [-0.05, 0) is 67.9 Å². The molecule has 0 heterocycles. The molecule has 0 radical (unpaired) electrons. The van der Waals surface area contributed by atoms with Crippen molar-refractivity contribution in [1.82, 2.24) is 4.90 Å². The van der Waals surface area contributed by atoms with Crippen LogP contribution >= 0.6 is 23.2 Å². The van der Waals surface area contributed by atoms with Crippen molar-refractivity contribution in [2.24, 2.45) is 0 Å². The highest BCUT2D eigenvalue weighted by Crippen LogP contribution is 2.32. The topological polar surface area (TPSA) is 12.5 Å². The van der Waals surface area contributed by atoms with Crippen LogP contribution in [-0.2, 0) is 0 Å². The average Bonchev–Trinajstić information content (AvgIpc) is 2.59. The number of halogens is 2. The molecule has 0 aliphatic rings. The third-order valence-electron chi connectivity index (χ3n) is 4.34. The molecule has 2 rings (SSSR count). The van der Waals surface area contributed by atoms with Gasteiger partial charge in [-0.25, -0.2) is 0 Å². The Balaban J connectivity index is 1.97. The first-order chi connectivity index (χ1) is 11.5. The predicted molar refractivity (Wildman–Crippen MR) is 104 cm³/mol. The van der Waals surface area contributed by atoms with Gasteiger partial charge in [-0.3, -0.25) is 0 Å². The van der Waals surface area contributed by atoms with Crippen LogP contribution in [0.4, 0.5) is 0 Å². The van der Waals surface area contributed by atoms with E-state index in [9.17, 15) is 0 Å².